The van der Waals surface area contributed by atoms with E-state index in [4.69, 9.17) is 5.48 Å². The van der Waals surface area contributed by atoms with Gasteiger partial charge in [0.25, 0.3) is 11.8 Å². The number of halogens is 1. The molecule has 2 rings (SSSR count). The summed E-state index contributed by atoms with van der Waals surface area (Å²) in [5.41, 5.74) is -0.638. The molecule has 0 N–H and O–H groups in total. The van der Waals surface area contributed by atoms with Gasteiger partial charge in [0.15, 0.2) is 0 Å². The molecule has 1 aliphatic rings. The van der Waals surface area contributed by atoms with Gasteiger partial charge < -0.3 is 4.84 Å². The molecule has 1 fully saturated rings. The van der Waals surface area contributed by atoms with E-state index in [1.807, 2.05) is 0 Å². The molecule has 0 unspecified atom stereocenters. The van der Waals surface area contributed by atoms with Crippen molar-refractivity contribution in [1.82, 2.24) is 5.06 Å². The van der Waals surface area contributed by atoms with Gasteiger partial charge in [0, 0.05) is 17.3 Å². The van der Waals surface area contributed by atoms with Crippen LogP contribution in [0.2, 0.25) is 0 Å². The monoisotopic (exact) mass is 301 g/mol. The smallest absolute Gasteiger partial charge is 0.325 e. The van der Waals surface area contributed by atoms with Crippen LogP contribution < -0.4 is 0 Å². The number of amides is 2. The van der Waals surface area contributed by atoms with Crippen molar-refractivity contribution in [3.8, 4) is 0 Å². The summed E-state index contributed by atoms with van der Waals surface area (Å²) in [5.74, 6) is -2.68. The maximum Gasteiger partial charge on any atom is 0.363 e. The quantitative estimate of drug-likeness (QED) is 0.780. The van der Waals surface area contributed by atoms with Gasteiger partial charge in [-0.25, -0.2) is 4.79 Å². The first-order valence-electron chi connectivity index (χ1n) is 6.59. The average molecular weight is 302 g/mol. The highest BCUT2D eigenvalue weighted by molar-refractivity contribution is 9.10. The van der Waals surface area contributed by atoms with Gasteiger partial charge in [-0.1, -0.05) is 15.9 Å². The summed E-state index contributed by atoms with van der Waals surface area (Å²) in [6, 6.07) is -2.15. The predicted octanol–water partition coefficient (Wildman–Crippen LogP) is 1.67. The van der Waals surface area contributed by atoms with Crippen molar-refractivity contribution in [2.24, 2.45) is 0 Å². The Bertz CT molecular complexity index is 634. The Morgan fingerprint density at radius 1 is 1.24 bits per heavy atom. The highest BCUT2D eigenvalue weighted by Crippen LogP contribution is 2.15. The lowest BCUT2D eigenvalue weighted by Gasteiger charge is -2.12. The van der Waals surface area contributed by atoms with Crippen LogP contribution in [0.1, 0.15) is 28.7 Å². The summed E-state index contributed by atoms with van der Waals surface area (Å²) in [7, 11) is 0. The van der Waals surface area contributed by atoms with E-state index in [-0.39, 0.29) is 22.4 Å². The van der Waals surface area contributed by atoms with Gasteiger partial charge in [0.05, 0.1) is 11.0 Å². The third-order valence-corrected chi connectivity index (χ3v) is 2.38. The zero-order chi connectivity index (χ0) is 15.9. The van der Waals surface area contributed by atoms with Crippen LogP contribution in [-0.2, 0) is 14.4 Å². The number of carbonyl (C=O) groups is 3. The van der Waals surface area contributed by atoms with Gasteiger partial charge in [0.1, 0.15) is 0 Å². The van der Waals surface area contributed by atoms with Crippen molar-refractivity contribution in [2.75, 3.05) is 0 Å². The van der Waals surface area contributed by atoms with E-state index in [9.17, 15) is 14.4 Å². The molecule has 17 heavy (non-hydrogen) atoms. The van der Waals surface area contributed by atoms with Gasteiger partial charge in [0.2, 0.25) is 0 Å². The fourth-order valence-electron chi connectivity index (χ4n) is 1.19. The minimum Gasteiger partial charge on any atom is -0.325 e. The van der Waals surface area contributed by atoms with Crippen LogP contribution in [0, 0.1) is 0 Å². The first-order chi connectivity index (χ1) is 9.75. The van der Waals surface area contributed by atoms with Crippen LogP contribution in [-0.4, -0.2) is 22.8 Å². The minimum absolute atomic E-state index is 0.0820. The summed E-state index contributed by atoms with van der Waals surface area (Å²) in [4.78, 5) is 39.3. The second-order valence-electron chi connectivity index (χ2n) is 3.15. The van der Waals surface area contributed by atoms with Gasteiger partial charge in [-0.15, -0.1) is 5.06 Å². The van der Waals surface area contributed by atoms with Gasteiger partial charge >= 0.3 is 5.97 Å². The molecule has 1 heterocycles. The maximum atomic E-state index is 12.0. The average Bonchev–Trinajstić information content (AvgIpc) is 2.75. The van der Waals surface area contributed by atoms with E-state index in [0.717, 1.165) is 0 Å². The lowest BCUT2D eigenvalue weighted by atomic mass is 10.2. The van der Waals surface area contributed by atoms with Gasteiger partial charge in [-0.3, -0.25) is 9.59 Å². The van der Waals surface area contributed by atoms with Crippen molar-refractivity contribution >= 4 is 33.7 Å². The minimum atomic E-state index is -1.29. The number of hydrogen-bond donors (Lipinski definition) is 0. The Morgan fingerprint density at radius 3 is 2.29 bits per heavy atom. The molecule has 0 atom stereocenters. The first-order valence-corrected chi connectivity index (χ1v) is 5.39. The molecule has 88 valence electrons. The van der Waals surface area contributed by atoms with Gasteiger partial charge in [-0.05, 0) is 24.2 Å². The molecule has 1 aromatic carbocycles. The van der Waals surface area contributed by atoms with Crippen molar-refractivity contribution in [2.45, 2.75) is 12.8 Å². The standard InChI is InChI=1S/C11H8BrNO4/c12-8-3-1-7(2-4-8)11(16)17-13-9(14)5-6-10(13)15/h1-4H,5-6H2/i1D,2D,3D,4D. The molecule has 2 amide bonds. The maximum absolute atomic E-state index is 12.0. The number of rotatable bonds is 2. The number of nitrogens with zero attached hydrogens (tertiary/aromatic N) is 1. The van der Waals surface area contributed by atoms with Crippen molar-refractivity contribution in [3.63, 3.8) is 0 Å². The highest BCUT2D eigenvalue weighted by atomic mass is 79.9. The topological polar surface area (TPSA) is 63.7 Å². The van der Waals surface area contributed by atoms with E-state index in [2.05, 4.69) is 20.8 Å². The Morgan fingerprint density at radius 2 is 1.76 bits per heavy atom. The number of imide groups is 1. The normalized spacial score (nSPS) is 18.5. The summed E-state index contributed by atoms with van der Waals surface area (Å²) in [6.45, 7) is 0. The molecule has 1 saturated heterocycles. The van der Waals surface area contributed by atoms with E-state index in [1.54, 1.807) is 0 Å². The zero-order valence-corrected chi connectivity index (χ0v) is 9.96. The van der Waals surface area contributed by atoms with E-state index < -0.39 is 47.5 Å². The number of benzene rings is 1. The van der Waals surface area contributed by atoms with E-state index in [0.29, 0.717) is 0 Å². The largest absolute Gasteiger partial charge is 0.363 e. The Kier molecular flexibility index (Phi) is 2.09. The predicted molar refractivity (Wildman–Crippen MR) is 60.6 cm³/mol. The third-order valence-electron chi connectivity index (χ3n) is 1.98. The molecule has 0 aromatic heterocycles. The number of carbonyl (C=O) groups excluding carboxylic acids is 3. The molecule has 1 aromatic rings. The summed E-state index contributed by atoms with van der Waals surface area (Å²) < 4.78 is 30.4. The molecule has 0 bridgehead atoms. The molecule has 0 radical (unpaired) electrons. The fourth-order valence-corrected chi connectivity index (χ4v) is 1.38. The van der Waals surface area contributed by atoms with Crippen molar-refractivity contribution in [1.29, 1.82) is 0 Å². The number of hydrogen-bond acceptors (Lipinski definition) is 4. The van der Waals surface area contributed by atoms with Gasteiger partial charge in [-0.2, -0.15) is 0 Å². The molecule has 0 spiro atoms. The molecule has 1 aliphatic heterocycles. The molecule has 6 heteroatoms. The summed E-state index contributed by atoms with van der Waals surface area (Å²) >= 11 is 2.89. The van der Waals surface area contributed by atoms with Crippen LogP contribution >= 0.6 is 15.9 Å². The lowest BCUT2D eigenvalue weighted by molar-refractivity contribution is -0.172. The molecule has 5 nitrogen and oxygen atoms in total. The van der Waals surface area contributed by atoms with E-state index in [1.165, 1.54) is 0 Å². The van der Waals surface area contributed by atoms with Crippen LogP contribution in [0.25, 0.3) is 0 Å². The lowest BCUT2D eigenvalue weighted by Crippen LogP contribution is -2.32. The van der Waals surface area contributed by atoms with Crippen LogP contribution in [0.4, 0.5) is 0 Å². The van der Waals surface area contributed by atoms with Crippen molar-refractivity contribution in [3.05, 3.63) is 34.2 Å². The fraction of sp³-hybridized carbons (Fsp3) is 0.182. The van der Waals surface area contributed by atoms with Crippen LogP contribution in [0.15, 0.2) is 28.6 Å². The first kappa shape index (κ1) is 7.60. The highest BCUT2D eigenvalue weighted by Gasteiger charge is 2.33. The van der Waals surface area contributed by atoms with Crippen LogP contribution in [0.3, 0.4) is 0 Å². The van der Waals surface area contributed by atoms with E-state index >= 15 is 0 Å². The Labute approximate surface area is 111 Å². The second-order valence-corrected chi connectivity index (χ2v) is 3.94. The summed E-state index contributed by atoms with van der Waals surface area (Å²) in [5, 5.41) is 0.288. The Balaban J connectivity index is 2.41. The number of hydroxylamine groups is 2. The molecule has 0 aliphatic carbocycles. The second kappa shape index (κ2) is 4.67. The SMILES string of the molecule is [2H]c1c([2H])c(C(=O)ON2C(=O)CCC2=O)c([2H])c([2H])c1Br. The molecular weight excluding hydrogens is 290 g/mol. The molecular formula is C11H8BrNO4. The zero-order valence-electron chi connectivity index (χ0n) is 12.4. The van der Waals surface area contributed by atoms with Crippen molar-refractivity contribution < 1.29 is 24.7 Å². The molecule has 0 saturated carbocycles. The third kappa shape index (κ3) is 2.52. The summed E-state index contributed by atoms with van der Waals surface area (Å²) in [6.07, 6.45) is -0.164. The van der Waals surface area contributed by atoms with Crippen LogP contribution in [0.5, 0.6) is 0 Å². The Hall–Kier alpha value is -1.69.